The third-order valence-corrected chi connectivity index (χ3v) is 8.80. The minimum absolute atomic E-state index is 0.0292. The molecule has 5 rings (SSSR count). The number of ether oxygens (including phenoxy) is 2. The zero-order valence-corrected chi connectivity index (χ0v) is 22.0. The Kier molecular flexibility index (Phi) is 6.94. The van der Waals surface area contributed by atoms with Gasteiger partial charge < -0.3 is 35.6 Å². The van der Waals surface area contributed by atoms with Crippen LogP contribution in [0.25, 0.3) is 5.76 Å². The summed E-state index contributed by atoms with van der Waals surface area (Å²) < 4.78 is 11.1. The third kappa shape index (κ3) is 4.19. The van der Waals surface area contributed by atoms with Gasteiger partial charge in [0.2, 0.25) is 5.78 Å². The summed E-state index contributed by atoms with van der Waals surface area (Å²) in [5, 5.41) is 44.4. The first-order chi connectivity index (χ1) is 18.5. The molecule has 11 heteroatoms. The number of aliphatic hydroxyl groups excluding tert-OH is 2. The minimum Gasteiger partial charge on any atom is -0.508 e. The number of likely N-dealkylation sites (tertiary alicyclic amines) is 1. The van der Waals surface area contributed by atoms with E-state index in [1.165, 1.54) is 13.2 Å². The van der Waals surface area contributed by atoms with E-state index in [1.807, 2.05) is 0 Å². The molecule has 1 unspecified atom stereocenters. The molecule has 11 nitrogen and oxygen atoms in total. The van der Waals surface area contributed by atoms with Gasteiger partial charge in [0, 0.05) is 49.3 Å². The number of aromatic hydroxyl groups is 1. The van der Waals surface area contributed by atoms with Gasteiger partial charge in [-0.3, -0.25) is 19.3 Å². The van der Waals surface area contributed by atoms with Crippen molar-refractivity contribution < 1.29 is 44.3 Å². The van der Waals surface area contributed by atoms with Crippen molar-refractivity contribution in [3.05, 3.63) is 39.7 Å². The lowest BCUT2D eigenvalue weighted by molar-refractivity contribution is -0.147. The molecule has 0 spiro atoms. The second kappa shape index (κ2) is 9.96. The molecule has 1 amide bonds. The van der Waals surface area contributed by atoms with Gasteiger partial charge in [0.1, 0.15) is 28.6 Å². The molecular weight excluding hydrogens is 508 g/mol. The van der Waals surface area contributed by atoms with Gasteiger partial charge in [-0.1, -0.05) is 0 Å². The normalized spacial score (nSPS) is 27.8. The highest BCUT2D eigenvalue weighted by Crippen LogP contribution is 2.53. The highest BCUT2D eigenvalue weighted by molar-refractivity contribution is 6.22. The minimum atomic E-state index is -2.58. The molecule has 2 fully saturated rings. The molecule has 3 aliphatic carbocycles. The number of hydrogen-bond donors (Lipinski definition) is 5. The summed E-state index contributed by atoms with van der Waals surface area (Å²) in [4.78, 5) is 40.2. The van der Waals surface area contributed by atoms with Crippen LogP contribution >= 0.6 is 0 Å². The van der Waals surface area contributed by atoms with Crippen LogP contribution < -0.4 is 10.5 Å². The van der Waals surface area contributed by atoms with Crippen LogP contribution in [0.15, 0.2) is 23.0 Å². The van der Waals surface area contributed by atoms with Crippen LogP contribution in [0.1, 0.15) is 42.4 Å². The van der Waals surface area contributed by atoms with E-state index in [0.717, 1.165) is 38.1 Å². The van der Waals surface area contributed by atoms with Gasteiger partial charge in [-0.15, -0.1) is 0 Å². The average molecular weight is 543 g/mol. The summed E-state index contributed by atoms with van der Waals surface area (Å²) in [6.45, 7) is 2.97. The Balaban J connectivity index is 1.53. The molecule has 1 saturated carbocycles. The van der Waals surface area contributed by atoms with Gasteiger partial charge in [0.15, 0.2) is 11.4 Å². The summed E-state index contributed by atoms with van der Waals surface area (Å²) in [5.41, 5.74) is 2.98. The van der Waals surface area contributed by atoms with Crippen molar-refractivity contribution in [3.8, 4) is 11.5 Å². The zero-order valence-electron chi connectivity index (χ0n) is 22.0. The number of carbonyl (C=O) groups excluding carboxylic acids is 3. The molecule has 0 radical (unpaired) electrons. The lowest BCUT2D eigenvalue weighted by atomic mass is 9.59. The highest BCUT2D eigenvalue weighted by Gasteiger charge is 2.60. The Hall–Kier alpha value is -3.41. The second-order valence-corrected chi connectivity index (χ2v) is 11.0. The number of fused-ring (bicyclic) bond motifs is 3. The molecule has 4 aliphatic rings. The van der Waals surface area contributed by atoms with Crippen LogP contribution in [0, 0.1) is 17.8 Å². The molecule has 6 N–H and O–H groups in total. The molecule has 0 aromatic heterocycles. The second-order valence-electron chi connectivity index (χ2n) is 11.0. The lowest BCUT2D eigenvalue weighted by Crippen LogP contribution is -2.58. The van der Waals surface area contributed by atoms with E-state index in [4.69, 9.17) is 15.2 Å². The molecule has 1 aromatic rings. The van der Waals surface area contributed by atoms with E-state index in [9.17, 15) is 34.8 Å². The van der Waals surface area contributed by atoms with Crippen molar-refractivity contribution in [2.75, 3.05) is 33.9 Å². The number of primary amides is 1. The average Bonchev–Trinajstić information content (AvgIpc) is 2.87. The predicted molar refractivity (Wildman–Crippen MR) is 138 cm³/mol. The Morgan fingerprint density at radius 3 is 2.46 bits per heavy atom. The van der Waals surface area contributed by atoms with E-state index in [1.54, 1.807) is 7.11 Å². The van der Waals surface area contributed by atoms with Crippen LogP contribution in [0.2, 0.25) is 0 Å². The summed E-state index contributed by atoms with van der Waals surface area (Å²) in [5.74, 6) is -5.48. The number of Topliss-reactive ketones (excluding diaryl/α,β-unsaturated/α-hetero) is 2. The summed E-state index contributed by atoms with van der Waals surface area (Å²) in [6, 6.07) is 1.52. The fourth-order valence-electron chi connectivity index (χ4n) is 6.89. The predicted octanol–water partition coefficient (Wildman–Crippen LogP) is 1.29. The molecule has 1 aliphatic heterocycles. The maximum Gasteiger partial charge on any atom is 0.255 e. The number of rotatable bonds is 6. The van der Waals surface area contributed by atoms with Gasteiger partial charge >= 0.3 is 0 Å². The first-order valence-corrected chi connectivity index (χ1v) is 13.1. The largest absolute Gasteiger partial charge is 0.508 e. The van der Waals surface area contributed by atoms with Gasteiger partial charge in [0.05, 0.1) is 12.7 Å². The smallest absolute Gasteiger partial charge is 0.255 e. The van der Waals surface area contributed by atoms with Crippen molar-refractivity contribution in [2.45, 2.75) is 44.2 Å². The monoisotopic (exact) mass is 542 g/mol. The van der Waals surface area contributed by atoms with Crippen molar-refractivity contribution in [1.29, 1.82) is 0 Å². The SMILES string of the molecule is COCC1CCN(Cc2cc(O)c3c(c2OC)CC2C[C@H]4CC(=O)C(C(N)=O)=C(O)[C@@]4(O)C(=O)C2=C3O)CC1. The molecule has 39 heavy (non-hydrogen) atoms. The number of ketones is 2. The Bertz CT molecular complexity index is 1310. The van der Waals surface area contributed by atoms with E-state index in [2.05, 4.69) is 4.90 Å². The number of amides is 1. The standard InChI is InChI=1S/C28H34N2O9/c1-38-12-13-3-5-30(6-4-13)11-15-9-18(31)21-17(24(15)39-2)8-14-7-16-10-19(32)22(27(29)36)26(35)28(16,37)25(34)20(14)23(21)33/h9,13-14,16,31,33,35,37H,3-8,10-12H2,1-2H3,(H2,29,36)/t14?,16-,28-/m0/s1. The zero-order chi connectivity index (χ0) is 28.2. The molecule has 1 saturated heterocycles. The lowest BCUT2D eigenvalue weighted by Gasteiger charge is -2.46. The number of hydrogen-bond acceptors (Lipinski definition) is 10. The molecule has 3 atom stereocenters. The van der Waals surface area contributed by atoms with E-state index < -0.39 is 52.0 Å². The van der Waals surface area contributed by atoms with Crippen molar-refractivity contribution in [1.82, 2.24) is 4.90 Å². The number of aliphatic hydroxyl groups is 3. The van der Waals surface area contributed by atoms with Crippen LogP contribution in [-0.2, 0) is 32.1 Å². The number of benzene rings is 1. The van der Waals surface area contributed by atoms with Crippen LogP contribution in [0.5, 0.6) is 11.5 Å². The fraction of sp³-hybridized carbons (Fsp3) is 0.536. The van der Waals surface area contributed by atoms with Crippen LogP contribution in [-0.4, -0.2) is 82.3 Å². The molecule has 210 valence electrons. The number of nitrogens with zero attached hydrogens (tertiary/aromatic N) is 1. The quantitative estimate of drug-likeness (QED) is 0.329. The maximum atomic E-state index is 13.6. The van der Waals surface area contributed by atoms with Gasteiger partial charge in [0.25, 0.3) is 5.91 Å². The number of carbonyl (C=O) groups is 3. The summed E-state index contributed by atoms with van der Waals surface area (Å²) in [6.07, 6.45) is 1.90. The molecular formula is C28H34N2O9. The Morgan fingerprint density at radius 2 is 1.85 bits per heavy atom. The first kappa shape index (κ1) is 27.2. The van der Waals surface area contributed by atoms with E-state index >= 15 is 0 Å². The third-order valence-electron chi connectivity index (χ3n) is 8.80. The maximum absolute atomic E-state index is 13.6. The number of methoxy groups -OCH3 is 2. The molecule has 1 heterocycles. The van der Waals surface area contributed by atoms with E-state index in [-0.39, 0.29) is 36.1 Å². The number of piperidine rings is 1. The van der Waals surface area contributed by atoms with Crippen LogP contribution in [0.4, 0.5) is 0 Å². The van der Waals surface area contributed by atoms with Crippen molar-refractivity contribution >= 4 is 23.2 Å². The Labute approximate surface area is 225 Å². The summed E-state index contributed by atoms with van der Waals surface area (Å²) >= 11 is 0. The Morgan fingerprint density at radius 1 is 1.15 bits per heavy atom. The van der Waals surface area contributed by atoms with Gasteiger partial charge in [-0.25, -0.2) is 0 Å². The fourth-order valence-corrected chi connectivity index (χ4v) is 6.89. The number of phenolic OH excluding ortho intramolecular Hbond substituents is 1. The van der Waals surface area contributed by atoms with Gasteiger partial charge in [-0.2, -0.15) is 0 Å². The molecule has 1 aromatic carbocycles. The molecule has 0 bridgehead atoms. The number of phenols is 1. The number of nitrogens with two attached hydrogens (primary N) is 1. The summed E-state index contributed by atoms with van der Waals surface area (Å²) in [7, 11) is 3.21. The first-order valence-electron chi connectivity index (χ1n) is 13.1. The van der Waals surface area contributed by atoms with Crippen LogP contribution in [0.3, 0.4) is 0 Å². The van der Waals surface area contributed by atoms with Gasteiger partial charge in [-0.05, 0) is 56.7 Å². The highest BCUT2D eigenvalue weighted by atomic mass is 16.5. The van der Waals surface area contributed by atoms with Crippen molar-refractivity contribution in [3.63, 3.8) is 0 Å². The topological polar surface area (TPSA) is 180 Å². The van der Waals surface area contributed by atoms with Crippen molar-refractivity contribution in [2.24, 2.45) is 23.5 Å². The van der Waals surface area contributed by atoms with E-state index in [0.29, 0.717) is 23.8 Å².